The van der Waals surface area contributed by atoms with Gasteiger partial charge in [-0.25, -0.2) is 14.8 Å². The highest BCUT2D eigenvalue weighted by Crippen LogP contribution is 2.31. The van der Waals surface area contributed by atoms with Crippen LogP contribution < -0.4 is 0 Å². The number of amides is 1. The van der Waals surface area contributed by atoms with Gasteiger partial charge in [-0.3, -0.25) is 0 Å². The Morgan fingerprint density at radius 3 is 2.83 bits per heavy atom. The molecule has 2 aromatic rings. The molecule has 0 bridgehead atoms. The van der Waals surface area contributed by atoms with Crippen molar-refractivity contribution < 1.29 is 9.53 Å². The molecule has 3 rings (SSSR count). The van der Waals surface area contributed by atoms with Gasteiger partial charge in [-0.1, -0.05) is 17.7 Å². The quantitative estimate of drug-likeness (QED) is 0.864. The Balaban J connectivity index is 1.81. The van der Waals surface area contributed by atoms with Crippen molar-refractivity contribution in [1.82, 2.24) is 19.9 Å². The second-order valence-electron chi connectivity index (χ2n) is 6.49. The third-order valence-electron chi connectivity index (χ3n) is 3.59. The predicted octanol–water partition coefficient (Wildman–Crippen LogP) is 3.64. The molecular formula is C16H19ClN4O2. The lowest BCUT2D eigenvalue weighted by Gasteiger charge is -2.29. The van der Waals surface area contributed by atoms with E-state index in [1.54, 1.807) is 11.1 Å². The number of carbonyl (C=O) groups excluding carboxylic acids is 1. The van der Waals surface area contributed by atoms with Crippen molar-refractivity contribution in [2.24, 2.45) is 0 Å². The van der Waals surface area contributed by atoms with E-state index in [2.05, 4.69) is 15.0 Å². The highest BCUT2D eigenvalue weighted by molar-refractivity contribution is 6.36. The number of H-pyrrole nitrogens is 1. The summed E-state index contributed by atoms with van der Waals surface area (Å²) in [4.78, 5) is 25.4. The molecule has 0 fully saturated rings. The zero-order valence-corrected chi connectivity index (χ0v) is 14.1. The normalized spacial score (nSPS) is 15.7. The van der Waals surface area contributed by atoms with Gasteiger partial charge < -0.3 is 14.6 Å². The molecule has 1 N–H and O–H groups in total. The van der Waals surface area contributed by atoms with E-state index in [-0.39, 0.29) is 6.09 Å². The van der Waals surface area contributed by atoms with Crippen LogP contribution in [0.5, 0.6) is 0 Å². The first kappa shape index (κ1) is 15.8. The zero-order valence-electron chi connectivity index (χ0n) is 13.4. The predicted molar refractivity (Wildman–Crippen MR) is 89.3 cm³/mol. The maximum Gasteiger partial charge on any atom is 0.410 e. The van der Waals surface area contributed by atoms with Gasteiger partial charge in [0.05, 0.1) is 16.1 Å². The Morgan fingerprint density at radius 2 is 2.17 bits per heavy atom. The number of ether oxygens (including phenoxy) is 1. The SMILES string of the molecule is CC(C)(C)OC(=O)N1CC=C(c2ncnc3[nH]cc(Cl)c23)CC1. The van der Waals surface area contributed by atoms with Crippen LogP contribution in [0, 0.1) is 0 Å². The largest absolute Gasteiger partial charge is 0.444 e. The molecule has 122 valence electrons. The molecule has 3 heterocycles. The van der Waals surface area contributed by atoms with Gasteiger partial charge in [-0.15, -0.1) is 0 Å². The molecule has 2 aromatic heterocycles. The van der Waals surface area contributed by atoms with Crippen molar-refractivity contribution >= 4 is 34.3 Å². The molecular weight excluding hydrogens is 316 g/mol. The molecule has 0 spiro atoms. The minimum absolute atomic E-state index is 0.291. The third kappa shape index (κ3) is 3.32. The van der Waals surface area contributed by atoms with Crippen LogP contribution in [0.3, 0.4) is 0 Å². The zero-order chi connectivity index (χ0) is 16.6. The van der Waals surface area contributed by atoms with Gasteiger partial charge in [0.2, 0.25) is 0 Å². The molecule has 6 nitrogen and oxygen atoms in total. The Morgan fingerprint density at radius 1 is 1.39 bits per heavy atom. The van der Waals surface area contributed by atoms with Crippen molar-refractivity contribution in [1.29, 1.82) is 0 Å². The molecule has 23 heavy (non-hydrogen) atoms. The lowest BCUT2D eigenvalue weighted by Crippen LogP contribution is -2.39. The topological polar surface area (TPSA) is 71.1 Å². The summed E-state index contributed by atoms with van der Waals surface area (Å²) in [6.45, 7) is 6.68. The molecule has 1 aliphatic heterocycles. The fourth-order valence-electron chi connectivity index (χ4n) is 2.55. The number of aromatic nitrogens is 3. The lowest BCUT2D eigenvalue weighted by molar-refractivity contribution is 0.0270. The number of nitrogens with one attached hydrogen (secondary N) is 1. The minimum Gasteiger partial charge on any atom is -0.444 e. The number of hydrogen-bond donors (Lipinski definition) is 1. The van der Waals surface area contributed by atoms with Crippen LogP contribution in [-0.4, -0.2) is 44.6 Å². The Kier molecular flexibility index (Phi) is 4.02. The fraction of sp³-hybridized carbons (Fsp3) is 0.438. The van der Waals surface area contributed by atoms with E-state index in [4.69, 9.17) is 16.3 Å². The molecule has 1 aliphatic rings. The average molecular weight is 335 g/mol. The van der Waals surface area contributed by atoms with Crippen LogP contribution in [0.15, 0.2) is 18.6 Å². The summed E-state index contributed by atoms with van der Waals surface area (Å²) in [7, 11) is 0. The smallest absolute Gasteiger partial charge is 0.410 e. The standard InChI is InChI=1S/C16H19ClN4O2/c1-16(2,3)23-15(22)21-6-4-10(5-7-21)13-12-11(17)8-18-14(12)20-9-19-13/h4,8-9H,5-7H2,1-3H3,(H,18,19,20). The maximum absolute atomic E-state index is 12.1. The molecule has 0 radical (unpaired) electrons. The molecule has 0 unspecified atom stereocenters. The van der Waals surface area contributed by atoms with E-state index >= 15 is 0 Å². The maximum atomic E-state index is 12.1. The van der Waals surface area contributed by atoms with E-state index in [9.17, 15) is 4.79 Å². The van der Waals surface area contributed by atoms with E-state index in [0.717, 1.165) is 22.3 Å². The Bertz CT molecular complexity index is 776. The van der Waals surface area contributed by atoms with Crippen LogP contribution in [0.2, 0.25) is 5.02 Å². The number of carbonyl (C=O) groups is 1. The second-order valence-corrected chi connectivity index (χ2v) is 6.90. The highest BCUT2D eigenvalue weighted by Gasteiger charge is 2.25. The van der Waals surface area contributed by atoms with Gasteiger partial charge in [0.25, 0.3) is 0 Å². The molecule has 0 aromatic carbocycles. The highest BCUT2D eigenvalue weighted by atomic mass is 35.5. The first-order chi connectivity index (χ1) is 10.8. The van der Waals surface area contributed by atoms with Gasteiger partial charge in [-0.05, 0) is 32.8 Å². The van der Waals surface area contributed by atoms with Gasteiger partial charge in [0.15, 0.2) is 0 Å². The number of aromatic amines is 1. The van der Waals surface area contributed by atoms with Crippen molar-refractivity contribution in [3.8, 4) is 0 Å². The summed E-state index contributed by atoms with van der Waals surface area (Å²) in [5.74, 6) is 0. The molecule has 0 aliphatic carbocycles. The molecule has 7 heteroatoms. The van der Waals surface area contributed by atoms with Crippen LogP contribution in [0.1, 0.15) is 32.9 Å². The third-order valence-corrected chi connectivity index (χ3v) is 3.88. The number of nitrogens with zero attached hydrogens (tertiary/aromatic N) is 3. The van der Waals surface area contributed by atoms with Crippen molar-refractivity contribution in [3.05, 3.63) is 29.3 Å². The molecule has 0 atom stereocenters. The summed E-state index contributed by atoms with van der Waals surface area (Å²) in [6, 6.07) is 0. The van der Waals surface area contributed by atoms with Crippen LogP contribution >= 0.6 is 11.6 Å². The van der Waals surface area contributed by atoms with Gasteiger partial charge in [-0.2, -0.15) is 0 Å². The summed E-state index contributed by atoms with van der Waals surface area (Å²) < 4.78 is 5.40. The summed E-state index contributed by atoms with van der Waals surface area (Å²) in [5.41, 5.74) is 2.12. The summed E-state index contributed by atoms with van der Waals surface area (Å²) in [5, 5.41) is 1.43. The van der Waals surface area contributed by atoms with Crippen LogP contribution in [0.4, 0.5) is 4.79 Å². The number of hydrogen-bond acceptors (Lipinski definition) is 4. The fourth-order valence-corrected chi connectivity index (χ4v) is 2.78. The van der Waals surface area contributed by atoms with E-state index < -0.39 is 5.60 Å². The van der Waals surface area contributed by atoms with Crippen molar-refractivity contribution in [2.75, 3.05) is 13.1 Å². The monoisotopic (exact) mass is 334 g/mol. The lowest BCUT2D eigenvalue weighted by atomic mass is 10.0. The molecule has 0 saturated carbocycles. The first-order valence-electron chi connectivity index (χ1n) is 7.50. The van der Waals surface area contributed by atoms with E-state index in [1.807, 2.05) is 26.8 Å². The van der Waals surface area contributed by atoms with Gasteiger partial charge in [0.1, 0.15) is 17.6 Å². The summed E-state index contributed by atoms with van der Waals surface area (Å²) in [6.07, 6.45) is 5.64. The van der Waals surface area contributed by atoms with Crippen LogP contribution in [-0.2, 0) is 4.74 Å². The number of rotatable bonds is 1. The van der Waals surface area contributed by atoms with Gasteiger partial charge in [0, 0.05) is 19.3 Å². The Labute approximate surface area is 139 Å². The molecule has 1 amide bonds. The average Bonchev–Trinajstić information content (AvgIpc) is 2.87. The second kappa shape index (κ2) is 5.85. The molecule has 0 saturated heterocycles. The van der Waals surface area contributed by atoms with Crippen LogP contribution in [0.25, 0.3) is 16.6 Å². The Hall–Kier alpha value is -2.08. The summed E-state index contributed by atoms with van der Waals surface area (Å²) >= 11 is 6.23. The van der Waals surface area contributed by atoms with Crippen molar-refractivity contribution in [3.63, 3.8) is 0 Å². The number of halogens is 1. The van der Waals surface area contributed by atoms with Crippen molar-refractivity contribution in [2.45, 2.75) is 32.8 Å². The van der Waals surface area contributed by atoms with E-state index in [0.29, 0.717) is 24.5 Å². The first-order valence-corrected chi connectivity index (χ1v) is 7.88. The minimum atomic E-state index is -0.488. The van der Waals surface area contributed by atoms with Gasteiger partial charge >= 0.3 is 6.09 Å². The van der Waals surface area contributed by atoms with E-state index in [1.165, 1.54) is 6.33 Å². The number of fused-ring (bicyclic) bond motifs is 1.